The minimum absolute atomic E-state index is 0.290. The second-order valence-electron chi connectivity index (χ2n) is 6.34. The molecule has 0 aliphatic carbocycles. The van der Waals surface area contributed by atoms with Crippen LogP contribution in [0.25, 0.3) is 0 Å². The third kappa shape index (κ3) is 3.07. The fourth-order valence-corrected chi connectivity index (χ4v) is 3.32. The topological polar surface area (TPSA) is 47.6 Å². The van der Waals surface area contributed by atoms with Gasteiger partial charge < -0.3 is 9.26 Å². The molecule has 4 heteroatoms. The molecule has 0 N–H and O–H groups in total. The normalized spacial score (nSPS) is 16.7. The molecule has 0 radical (unpaired) electrons. The quantitative estimate of drug-likeness (QED) is 0.689. The molecule has 1 aromatic heterocycles. The molecule has 2 heterocycles. The Morgan fingerprint density at radius 2 is 1.76 bits per heavy atom. The van der Waals surface area contributed by atoms with E-state index >= 15 is 0 Å². The van der Waals surface area contributed by atoms with E-state index in [0.717, 1.165) is 47.0 Å². The Hall–Kier alpha value is -2.88. The van der Waals surface area contributed by atoms with Crippen molar-refractivity contribution in [2.24, 2.45) is 4.99 Å². The monoisotopic (exact) mass is 332 g/mol. The van der Waals surface area contributed by atoms with Crippen LogP contribution in [0, 0.1) is 6.92 Å². The molecule has 0 saturated heterocycles. The fraction of sp³-hybridized carbons (Fsp3) is 0.238. The number of benzene rings is 2. The van der Waals surface area contributed by atoms with E-state index in [1.807, 2.05) is 37.3 Å². The van der Waals surface area contributed by atoms with Crippen molar-refractivity contribution in [1.29, 1.82) is 0 Å². The summed E-state index contributed by atoms with van der Waals surface area (Å²) >= 11 is 0. The lowest BCUT2D eigenvalue weighted by atomic mass is 9.88. The predicted octanol–water partition coefficient (Wildman–Crippen LogP) is 4.84. The molecule has 4 nitrogen and oxygen atoms in total. The first kappa shape index (κ1) is 15.6. The number of hydrogen-bond acceptors (Lipinski definition) is 4. The number of fused-ring (bicyclic) bond motifs is 1. The third-order valence-corrected chi connectivity index (χ3v) is 4.71. The maximum atomic E-state index is 5.57. The number of aliphatic imine (C=N–C) groups is 1. The standard InChI is InChI=1S/C21H20N2O2/c1-14-21-20(25-23-14)13-17(15-8-10-18(24-2)11-9-15)12-19(22-21)16-6-4-3-5-7-16/h3-11,17H,12-13H2,1-2H3. The first-order valence-corrected chi connectivity index (χ1v) is 8.46. The number of aryl methyl sites for hydroxylation is 1. The van der Waals surface area contributed by atoms with E-state index in [0.29, 0.717) is 5.92 Å². The number of rotatable bonds is 3. The van der Waals surface area contributed by atoms with Gasteiger partial charge in [0, 0.05) is 12.1 Å². The van der Waals surface area contributed by atoms with E-state index in [1.165, 1.54) is 5.56 Å². The lowest BCUT2D eigenvalue weighted by Gasteiger charge is -2.16. The molecule has 0 spiro atoms. The van der Waals surface area contributed by atoms with Crippen molar-refractivity contribution in [1.82, 2.24) is 5.16 Å². The minimum atomic E-state index is 0.290. The van der Waals surface area contributed by atoms with Crippen molar-refractivity contribution in [2.45, 2.75) is 25.7 Å². The Morgan fingerprint density at radius 1 is 1.00 bits per heavy atom. The molecule has 2 aromatic carbocycles. The highest BCUT2D eigenvalue weighted by molar-refractivity contribution is 6.03. The van der Waals surface area contributed by atoms with Gasteiger partial charge in [-0.1, -0.05) is 47.6 Å². The van der Waals surface area contributed by atoms with Gasteiger partial charge in [0.05, 0.1) is 7.11 Å². The lowest BCUT2D eigenvalue weighted by molar-refractivity contribution is 0.373. The third-order valence-electron chi connectivity index (χ3n) is 4.71. The summed E-state index contributed by atoms with van der Waals surface area (Å²) in [5, 5.41) is 4.12. The van der Waals surface area contributed by atoms with E-state index < -0.39 is 0 Å². The van der Waals surface area contributed by atoms with Crippen molar-refractivity contribution >= 4 is 11.4 Å². The Labute approximate surface area is 147 Å². The molecular weight excluding hydrogens is 312 g/mol. The van der Waals surface area contributed by atoms with Gasteiger partial charge in [-0.2, -0.15) is 0 Å². The first-order valence-electron chi connectivity index (χ1n) is 8.46. The van der Waals surface area contributed by atoms with E-state index in [-0.39, 0.29) is 0 Å². The van der Waals surface area contributed by atoms with Gasteiger partial charge in [-0.15, -0.1) is 0 Å². The van der Waals surface area contributed by atoms with E-state index in [1.54, 1.807) is 7.11 Å². The van der Waals surface area contributed by atoms with Gasteiger partial charge in [-0.05, 0) is 42.5 Å². The molecule has 3 aromatic rings. The molecule has 1 unspecified atom stereocenters. The van der Waals surface area contributed by atoms with Gasteiger partial charge in [-0.25, -0.2) is 4.99 Å². The molecule has 0 saturated carbocycles. The van der Waals surface area contributed by atoms with Crippen LogP contribution in [0.4, 0.5) is 5.69 Å². The molecule has 1 aliphatic heterocycles. The molecule has 4 rings (SSSR count). The second kappa shape index (κ2) is 6.55. The Morgan fingerprint density at radius 3 is 2.48 bits per heavy atom. The summed E-state index contributed by atoms with van der Waals surface area (Å²) < 4.78 is 10.8. The molecule has 25 heavy (non-hydrogen) atoms. The summed E-state index contributed by atoms with van der Waals surface area (Å²) in [4.78, 5) is 4.91. The Balaban J connectivity index is 1.76. The Bertz CT molecular complexity index is 895. The number of nitrogens with zero attached hydrogens (tertiary/aromatic N) is 2. The molecule has 0 bridgehead atoms. The number of ether oxygens (including phenoxy) is 1. The minimum Gasteiger partial charge on any atom is -0.497 e. The highest BCUT2D eigenvalue weighted by atomic mass is 16.5. The maximum Gasteiger partial charge on any atom is 0.163 e. The van der Waals surface area contributed by atoms with Crippen LogP contribution >= 0.6 is 0 Å². The average Bonchev–Trinajstić information content (AvgIpc) is 2.90. The average molecular weight is 332 g/mol. The zero-order chi connectivity index (χ0) is 17.2. The zero-order valence-electron chi connectivity index (χ0n) is 14.4. The van der Waals surface area contributed by atoms with Gasteiger partial charge in [0.2, 0.25) is 0 Å². The van der Waals surface area contributed by atoms with Crippen LogP contribution in [-0.2, 0) is 6.42 Å². The maximum absolute atomic E-state index is 5.57. The van der Waals surface area contributed by atoms with E-state index in [4.69, 9.17) is 14.3 Å². The van der Waals surface area contributed by atoms with Crippen LogP contribution in [0.2, 0.25) is 0 Å². The first-order chi connectivity index (χ1) is 12.2. The Kier molecular flexibility index (Phi) is 4.10. The molecule has 126 valence electrons. The van der Waals surface area contributed by atoms with Gasteiger partial charge in [0.15, 0.2) is 5.76 Å². The second-order valence-corrected chi connectivity index (χ2v) is 6.34. The lowest BCUT2D eigenvalue weighted by Crippen LogP contribution is -2.09. The summed E-state index contributed by atoms with van der Waals surface area (Å²) in [7, 11) is 1.68. The van der Waals surface area contributed by atoms with Crippen LogP contribution in [0.5, 0.6) is 5.75 Å². The van der Waals surface area contributed by atoms with Crippen LogP contribution in [0.3, 0.4) is 0 Å². The van der Waals surface area contributed by atoms with Crippen molar-refractivity contribution in [2.75, 3.05) is 7.11 Å². The van der Waals surface area contributed by atoms with Crippen molar-refractivity contribution < 1.29 is 9.26 Å². The number of hydrogen-bond donors (Lipinski definition) is 0. The largest absolute Gasteiger partial charge is 0.497 e. The highest BCUT2D eigenvalue weighted by Crippen LogP contribution is 2.36. The number of aromatic nitrogens is 1. The van der Waals surface area contributed by atoms with Crippen LogP contribution < -0.4 is 4.74 Å². The summed E-state index contributed by atoms with van der Waals surface area (Å²) in [6.45, 7) is 1.95. The summed E-state index contributed by atoms with van der Waals surface area (Å²) in [5.74, 6) is 2.02. The summed E-state index contributed by atoms with van der Waals surface area (Å²) in [5.41, 5.74) is 5.21. The van der Waals surface area contributed by atoms with Gasteiger partial charge in [-0.3, -0.25) is 0 Å². The highest BCUT2D eigenvalue weighted by Gasteiger charge is 2.26. The van der Waals surface area contributed by atoms with Crippen LogP contribution in [0.15, 0.2) is 64.1 Å². The van der Waals surface area contributed by atoms with Gasteiger partial charge in [0.1, 0.15) is 17.1 Å². The molecule has 0 amide bonds. The van der Waals surface area contributed by atoms with Crippen molar-refractivity contribution in [3.05, 3.63) is 77.2 Å². The number of methoxy groups -OCH3 is 1. The van der Waals surface area contributed by atoms with E-state index in [9.17, 15) is 0 Å². The van der Waals surface area contributed by atoms with E-state index in [2.05, 4.69) is 29.4 Å². The molecule has 0 fully saturated rings. The SMILES string of the molecule is COc1ccc(C2CC(c3ccccc3)=Nc3c(C)noc3C2)cc1. The summed E-state index contributed by atoms with van der Waals surface area (Å²) in [6, 6.07) is 18.6. The predicted molar refractivity (Wildman–Crippen MR) is 97.9 cm³/mol. The van der Waals surface area contributed by atoms with Crippen LogP contribution in [0.1, 0.15) is 34.9 Å². The van der Waals surface area contributed by atoms with Crippen LogP contribution in [-0.4, -0.2) is 18.0 Å². The fourth-order valence-electron chi connectivity index (χ4n) is 3.32. The zero-order valence-corrected chi connectivity index (χ0v) is 14.4. The van der Waals surface area contributed by atoms with Crippen molar-refractivity contribution in [3.63, 3.8) is 0 Å². The van der Waals surface area contributed by atoms with Gasteiger partial charge >= 0.3 is 0 Å². The van der Waals surface area contributed by atoms with Gasteiger partial charge in [0.25, 0.3) is 0 Å². The molecule has 1 aliphatic rings. The molecular formula is C21H20N2O2. The summed E-state index contributed by atoms with van der Waals surface area (Å²) in [6.07, 6.45) is 1.66. The van der Waals surface area contributed by atoms with Crippen molar-refractivity contribution in [3.8, 4) is 5.75 Å². The molecule has 1 atom stereocenters. The smallest absolute Gasteiger partial charge is 0.163 e.